The summed E-state index contributed by atoms with van der Waals surface area (Å²) in [6.07, 6.45) is 7.16. The lowest BCUT2D eigenvalue weighted by Gasteiger charge is -2.40. The van der Waals surface area contributed by atoms with Crippen LogP contribution < -0.4 is 15.6 Å². The Morgan fingerprint density at radius 3 is 2.53 bits per heavy atom. The van der Waals surface area contributed by atoms with Gasteiger partial charge in [0.05, 0.1) is 17.8 Å². The summed E-state index contributed by atoms with van der Waals surface area (Å²) in [5.74, 6) is -2.26. The number of nitrogens with zero attached hydrogens (tertiary/aromatic N) is 3. The first-order valence-electron chi connectivity index (χ1n) is 12.8. The van der Waals surface area contributed by atoms with E-state index in [2.05, 4.69) is 22.5 Å². The number of methoxy groups -OCH3 is 1. The Kier molecular flexibility index (Phi) is 7.95. The molecule has 6 nitrogen and oxygen atoms in total. The topological polar surface area (TPSA) is 54.4 Å². The van der Waals surface area contributed by atoms with Crippen LogP contribution in [0.1, 0.15) is 55.0 Å². The molecule has 202 valence electrons. The molecule has 1 aliphatic heterocycles. The van der Waals surface area contributed by atoms with Crippen LogP contribution in [0, 0.1) is 0 Å². The molecular weight excluding hydrogens is 531 g/mol. The maximum Gasteiger partial charge on any atom is 0.311 e. The van der Waals surface area contributed by atoms with Gasteiger partial charge in [-0.05, 0) is 48.7 Å². The second-order valence-electron chi connectivity index (χ2n) is 9.80. The molecule has 0 radical (unpaired) electrons. The number of ether oxygens (including phenoxy) is 1. The third kappa shape index (κ3) is 5.15. The highest BCUT2D eigenvalue weighted by Crippen LogP contribution is 2.51. The maximum absolute atomic E-state index is 16.5. The Labute approximate surface area is 231 Å². The van der Waals surface area contributed by atoms with Crippen LogP contribution in [0.4, 0.5) is 14.6 Å². The number of hydrogen-bond acceptors (Lipinski definition) is 5. The number of hydrogen-bond donors (Lipinski definition) is 2. The molecule has 38 heavy (non-hydrogen) atoms. The van der Waals surface area contributed by atoms with Crippen LogP contribution in [0.25, 0.3) is 5.69 Å². The first-order valence-corrected chi connectivity index (χ1v) is 13.5. The number of fused-ring (bicyclic) bond motifs is 1. The average molecular weight is 562 g/mol. The molecule has 2 aliphatic rings. The van der Waals surface area contributed by atoms with E-state index in [0.717, 1.165) is 25.7 Å². The predicted molar refractivity (Wildman–Crippen MR) is 147 cm³/mol. The van der Waals surface area contributed by atoms with Crippen molar-refractivity contribution in [2.45, 2.75) is 56.7 Å². The molecular formula is C28H31Cl2F2N5O. The van der Waals surface area contributed by atoms with E-state index < -0.39 is 12.0 Å². The number of rotatable bonds is 8. The molecule has 0 bridgehead atoms. The second-order valence-corrected chi connectivity index (χ2v) is 10.6. The van der Waals surface area contributed by atoms with Gasteiger partial charge in [-0.1, -0.05) is 60.7 Å². The summed E-state index contributed by atoms with van der Waals surface area (Å²) in [6.45, 7) is 4.34. The smallest absolute Gasteiger partial charge is 0.311 e. The Hall–Kier alpha value is -2.65. The minimum atomic E-state index is -3.31. The van der Waals surface area contributed by atoms with Gasteiger partial charge in [-0.2, -0.15) is 13.9 Å². The van der Waals surface area contributed by atoms with Crippen molar-refractivity contribution in [3.05, 3.63) is 82.0 Å². The van der Waals surface area contributed by atoms with Gasteiger partial charge in [0.25, 0.3) is 0 Å². The van der Waals surface area contributed by atoms with E-state index in [1.165, 1.54) is 11.1 Å². The van der Waals surface area contributed by atoms with Gasteiger partial charge in [-0.15, -0.1) is 6.58 Å². The standard InChI is InChI=1S/C28H31Cl2F2N5O/c1-3-15-36-17-22-25(28(31,32)26(36)18-9-12-21(38-2)13-10-18)35-37(24-14-11-19(29)16-23(24)30)27(22)34-33-20-7-5-4-6-8-20/h3,9-14,16,20,26,33-34H,1,4-8,15,17H2,2H3. The number of alkyl halides is 2. The van der Waals surface area contributed by atoms with Gasteiger partial charge in [-0.3, -0.25) is 4.90 Å². The molecule has 2 N–H and O–H groups in total. The van der Waals surface area contributed by atoms with Crippen molar-refractivity contribution in [2.75, 3.05) is 19.1 Å². The molecule has 0 amide bonds. The molecule has 5 rings (SSSR count). The predicted octanol–water partition coefficient (Wildman–Crippen LogP) is 7.27. The van der Waals surface area contributed by atoms with Crippen LogP contribution in [-0.2, 0) is 12.5 Å². The number of halogens is 4. The summed E-state index contributed by atoms with van der Waals surface area (Å²) >= 11 is 12.7. The molecule has 2 aromatic carbocycles. The SMILES string of the molecule is C=CCN1Cc2c(nn(-c3ccc(Cl)cc3Cl)c2NNC2CCCCC2)C(F)(F)C1c1ccc(OC)cc1. The minimum Gasteiger partial charge on any atom is -0.497 e. The van der Waals surface area contributed by atoms with E-state index in [4.69, 9.17) is 27.9 Å². The van der Waals surface area contributed by atoms with Crippen LogP contribution in [0.15, 0.2) is 55.1 Å². The third-order valence-electron chi connectivity index (χ3n) is 7.30. The molecule has 2 heterocycles. The lowest BCUT2D eigenvalue weighted by Crippen LogP contribution is -2.44. The van der Waals surface area contributed by atoms with Gasteiger partial charge < -0.3 is 10.2 Å². The van der Waals surface area contributed by atoms with E-state index in [-0.39, 0.29) is 24.8 Å². The molecule has 3 aromatic rings. The highest BCUT2D eigenvalue weighted by atomic mass is 35.5. The van der Waals surface area contributed by atoms with E-state index in [9.17, 15) is 0 Å². The van der Waals surface area contributed by atoms with Crippen molar-refractivity contribution in [1.82, 2.24) is 20.1 Å². The molecule has 1 atom stereocenters. The maximum atomic E-state index is 16.5. The largest absolute Gasteiger partial charge is 0.497 e. The van der Waals surface area contributed by atoms with E-state index in [1.54, 1.807) is 60.6 Å². The number of aromatic nitrogens is 2. The van der Waals surface area contributed by atoms with Crippen LogP contribution >= 0.6 is 23.2 Å². The molecule has 1 aliphatic carbocycles. The van der Waals surface area contributed by atoms with Crippen molar-refractivity contribution in [2.24, 2.45) is 0 Å². The first-order chi connectivity index (χ1) is 18.3. The summed E-state index contributed by atoms with van der Waals surface area (Å²) in [5, 5.41) is 5.26. The van der Waals surface area contributed by atoms with Crippen molar-refractivity contribution in [3.8, 4) is 11.4 Å². The van der Waals surface area contributed by atoms with E-state index in [1.807, 2.05) is 0 Å². The summed E-state index contributed by atoms with van der Waals surface area (Å²) in [5.41, 5.74) is 7.69. The number of benzene rings is 2. The van der Waals surface area contributed by atoms with Crippen LogP contribution in [0.5, 0.6) is 5.75 Å². The van der Waals surface area contributed by atoms with Gasteiger partial charge >= 0.3 is 5.92 Å². The van der Waals surface area contributed by atoms with Gasteiger partial charge in [0.15, 0.2) is 0 Å². The second kappa shape index (κ2) is 11.2. The zero-order valence-corrected chi connectivity index (χ0v) is 22.7. The quantitative estimate of drug-likeness (QED) is 0.223. The molecule has 1 unspecified atom stereocenters. The van der Waals surface area contributed by atoms with Crippen LogP contribution in [-0.4, -0.2) is 34.4 Å². The lowest BCUT2D eigenvalue weighted by molar-refractivity contribution is -0.106. The van der Waals surface area contributed by atoms with Gasteiger partial charge in [-0.25, -0.2) is 10.1 Å². The Morgan fingerprint density at radius 2 is 1.87 bits per heavy atom. The lowest BCUT2D eigenvalue weighted by atomic mass is 9.90. The van der Waals surface area contributed by atoms with Crippen LogP contribution in [0.3, 0.4) is 0 Å². The van der Waals surface area contributed by atoms with Crippen LogP contribution in [0.2, 0.25) is 10.0 Å². The fourth-order valence-corrected chi connectivity index (χ4v) is 5.92. The fraction of sp³-hybridized carbons (Fsp3) is 0.393. The highest BCUT2D eigenvalue weighted by Gasteiger charge is 2.53. The molecule has 1 aromatic heterocycles. The summed E-state index contributed by atoms with van der Waals surface area (Å²) < 4.78 is 39.7. The third-order valence-corrected chi connectivity index (χ3v) is 7.84. The molecule has 1 saturated carbocycles. The zero-order chi connectivity index (χ0) is 26.9. The highest BCUT2D eigenvalue weighted by molar-refractivity contribution is 6.35. The molecule has 1 fully saturated rings. The zero-order valence-electron chi connectivity index (χ0n) is 21.2. The summed E-state index contributed by atoms with van der Waals surface area (Å²) in [4.78, 5) is 1.72. The fourth-order valence-electron chi connectivity index (χ4n) is 5.44. The molecule has 0 saturated heterocycles. The molecule has 10 heteroatoms. The normalized spacial score (nSPS) is 19.7. The van der Waals surface area contributed by atoms with E-state index >= 15 is 8.78 Å². The number of hydrazine groups is 1. The Balaban J connectivity index is 1.62. The Morgan fingerprint density at radius 1 is 1.13 bits per heavy atom. The van der Waals surface area contributed by atoms with Gasteiger partial charge in [0.1, 0.15) is 23.3 Å². The average Bonchev–Trinajstić information content (AvgIpc) is 3.27. The number of anilines is 1. The minimum absolute atomic E-state index is 0.240. The van der Waals surface area contributed by atoms with Crippen molar-refractivity contribution in [3.63, 3.8) is 0 Å². The Bertz CT molecular complexity index is 1290. The number of nitrogens with one attached hydrogen (secondary N) is 2. The summed E-state index contributed by atoms with van der Waals surface area (Å²) in [7, 11) is 1.55. The summed E-state index contributed by atoms with van der Waals surface area (Å²) in [6, 6.07) is 10.7. The van der Waals surface area contributed by atoms with Gasteiger partial charge in [0.2, 0.25) is 0 Å². The molecule has 0 spiro atoms. The van der Waals surface area contributed by atoms with Crippen molar-refractivity contribution >= 4 is 29.0 Å². The van der Waals surface area contributed by atoms with Crippen molar-refractivity contribution in [1.29, 1.82) is 0 Å². The van der Waals surface area contributed by atoms with Crippen molar-refractivity contribution < 1.29 is 13.5 Å². The van der Waals surface area contributed by atoms with E-state index in [0.29, 0.717) is 38.4 Å². The first kappa shape index (κ1) is 26.9. The monoisotopic (exact) mass is 561 g/mol. The van der Waals surface area contributed by atoms with Gasteiger partial charge in [0, 0.05) is 29.7 Å².